The lowest BCUT2D eigenvalue weighted by atomic mass is 9.98. The van der Waals surface area contributed by atoms with E-state index in [1.165, 1.54) is 13.8 Å². The summed E-state index contributed by atoms with van der Waals surface area (Å²) in [4.78, 5) is 35.8. The fourth-order valence-electron chi connectivity index (χ4n) is 1.65. The number of hydrogen-bond donors (Lipinski definition) is 1. The van der Waals surface area contributed by atoms with Gasteiger partial charge in [0.1, 0.15) is 18.7 Å². The number of halogens is 2. The predicted octanol–water partition coefficient (Wildman–Crippen LogP) is -0.0782. The molecule has 0 spiro atoms. The van der Waals surface area contributed by atoms with E-state index in [1.54, 1.807) is 0 Å². The van der Waals surface area contributed by atoms with Gasteiger partial charge in [-0.3, -0.25) is 19.7 Å². The quantitative estimate of drug-likeness (QED) is 0.564. The van der Waals surface area contributed by atoms with E-state index in [-0.39, 0.29) is 19.6 Å². The van der Waals surface area contributed by atoms with Gasteiger partial charge in [0.2, 0.25) is 11.8 Å². The second kappa shape index (κ2) is 6.05. The lowest BCUT2D eigenvalue weighted by molar-refractivity contribution is -0.156. The fraction of sp³-hybridized carbons (Fsp3) is 0.727. The molecule has 0 aromatic heterocycles. The van der Waals surface area contributed by atoms with Crippen LogP contribution in [0.15, 0.2) is 0 Å². The van der Waals surface area contributed by atoms with Crippen LogP contribution in [0.1, 0.15) is 20.3 Å². The molecule has 0 saturated carbocycles. The number of carbonyl (C=O) groups is 3. The Kier molecular flexibility index (Phi) is 4.93. The van der Waals surface area contributed by atoms with E-state index in [2.05, 4.69) is 10.1 Å². The molecule has 1 heterocycles. The van der Waals surface area contributed by atoms with Crippen LogP contribution in [-0.2, 0) is 19.1 Å². The Balaban J connectivity index is 2.54. The lowest BCUT2D eigenvalue weighted by Crippen LogP contribution is -2.65. The molecule has 0 bridgehead atoms. The van der Waals surface area contributed by atoms with E-state index in [9.17, 15) is 23.2 Å². The minimum absolute atomic E-state index is 0.156. The van der Waals surface area contributed by atoms with Crippen molar-refractivity contribution >= 4 is 17.7 Å². The molecule has 1 fully saturated rings. The number of imide groups is 1. The van der Waals surface area contributed by atoms with Gasteiger partial charge in [0.05, 0.1) is 13.0 Å². The molecule has 108 valence electrons. The van der Waals surface area contributed by atoms with E-state index in [4.69, 9.17) is 0 Å². The lowest BCUT2D eigenvalue weighted by Gasteiger charge is -2.40. The molecule has 0 aliphatic carbocycles. The Labute approximate surface area is 109 Å². The van der Waals surface area contributed by atoms with Crippen molar-refractivity contribution in [2.24, 2.45) is 0 Å². The monoisotopic (exact) mass is 278 g/mol. The summed E-state index contributed by atoms with van der Waals surface area (Å²) in [6.45, 7) is 1.87. The molecule has 8 heteroatoms. The molecule has 1 aliphatic rings. The number of amides is 3. The molecule has 0 unspecified atom stereocenters. The average molecular weight is 278 g/mol. The zero-order valence-corrected chi connectivity index (χ0v) is 10.7. The van der Waals surface area contributed by atoms with E-state index in [1.807, 2.05) is 0 Å². The number of hydrogen-bond acceptors (Lipinski definition) is 4. The maximum Gasteiger partial charge on any atom is 0.261 e. The van der Waals surface area contributed by atoms with E-state index in [0.717, 1.165) is 4.90 Å². The maximum absolute atomic E-state index is 11.9. The number of piperazine rings is 1. The zero-order valence-electron chi connectivity index (χ0n) is 10.7. The second-order valence-electron chi connectivity index (χ2n) is 4.63. The SMILES string of the molecule is CC1(C)C(=O)NC(=O)CN1C(=O)CCOCC(F)F. The van der Waals surface area contributed by atoms with Crippen LogP contribution in [0, 0.1) is 0 Å². The third kappa shape index (κ3) is 3.95. The van der Waals surface area contributed by atoms with Crippen LogP contribution in [0.2, 0.25) is 0 Å². The van der Waals surface area contributed by atoms with Crippen molar-refractivity contribution < 1.29 is 27.9 Å². The third-order valence-corrected chi connectivity index (χ3v) is 2.79. The van der Waals surface area contributed by atoms with Gasteiger partial charge in [-0.25, -0.2) is 8.78 Å². The van der Waals surface area contributed by atoms with E-state index >= 15 is 0 Å². The first kappa shape index (κ1) is 15.5. The molecule has 1 saturated heterocycles. The predicted molar refractivity (Wildman–Crippen MR) is 60.4 cm³/mol. The Morgan fingerprint density at radius 1 is 1.47 bits per heavy atom. The van der Waals surface area contributed by atoms with Gasteiger partial charge in [0, 0.05) is 0 Å². The van der Waals surface area contributed by atoms with Crippen molar-refractivity contribution in [1.82, 2.24) is 10.2 Å². The van der Waals surface area contributed by atoms with Gasteiger partial charge in [0.25, 0.3) is 12.3 Å². The molecule has 1 N–H and O–H groups in total. The highest BCUT2D eigenvalue weighted by Gasteiger charge is 2.43. The van der Waals surface area contributed by atoms with Gasteiger partial charge in [-0.05, 0) is 13.8 Å². The summed E-state index contributed by atoms with van der Waals surface area (Å²) in [5, 5.41) is 2.13. The summed E-state index contributed by atoms with van der Waals surface area (Å²) in [5.74, 6) is -1.61. The summed E-state index contributed by atoms with van der Waals surface area (Å²) in [6.07, 6.45) is -2.75. The number of rotatable bonds is 5. The number of nitrogens with zero attached hydrogens (tertiary/aromatic N) is 1. The first-order chi connectivity index (χ1) is 8.75. The van der Waals surface area contributed by atoms with Crippen LogP contribution >= 0.6 is 0 Å². The smallest absolute Gasteiger partial charge is 0.261 e. The molecule has 0 radical (unpaired) electrons. The van der Waals surface area contributed by atoms with Gasteiger partial charge in [-0.15, -0.1) is 0 Å². The van der Waals surface area contributed by atoms with Gasteiger partial charge in [0.15, 0.2) is 0 Å². The Bertz CT molecular complexity index is 385. The summed E-state index contributed by atoms with van der Waals surface area (Å²) in [7, 11) is 0. The van der Waals surface area contributed by atoms with Crippen molar-refractivity contribution in [1.29, 1.82) is 0 Å². The Morgan fingerprint density at radius 2 is 2.11 bits per heavy atom. The van der Waals surface area contributed by atoms with Crippen LogP contribution in [0.4, 0.5) is 8.78 Å². The van der Waals surface area contributed by atoms with Crippen molar-refractivity contribution in [2.75, 3.05) is 19.8 Å². The van der Waals surface area contributed by atoms with Crippen molar-refractivity contribution in [3.05, 3.63) is 0 Å². The molecule has 3 amide bonds. The van der Waals surface area contributed by atoms with Crippen LogP contribution in [0.25, 0.3) is 0 Å². The molecule has 0 aromatic rings. The molecule has 19 heavy (non-hydrogen) atoms. The van der Waals surface area contributed by atoms with Crippen molar-refractivity contribution in [2.45, 2.75) is 32.2 Å². The number of ether oxygens (including phenoxy) is 1. The second-order valence-corrected chi connectivity index (χ2v) is 4.63. The van der Waals surface area contributed by atoms with Crippen molar-refractivity contribution in [3.63, 3.8) is 0 Å². The number of alkyl halides is 2. The molecule has 1 aliphatic heterocycles. The normalized spacial score (nSPS) is 18.7. The first-order valence-corrected chi connectivity index (χ1v) is 5.75. The largest absolute Gasteiger partial charge is 0.375 e. The molecular formula is C11H16F2N2O4. The third-order valence-electron chi connectivity index (χ3n) is 2.79. The summed E-state index contributed by atoms with van der Waals surface area (Å²) >= 11 is 0. The first-order valence-electron chi connectivity index (χ1n) is 5.75. The standard InChI is InChI=1S/C11H16F2N2O4/c1-11(2)10(18)14-8(16)5-15(11)9(17)3-4-19-6-7(12)13/h7H,3-6H2,1-2H3,(H,14,16,18). The molecule has 0 aromatic carbocycles. The highest BCUT2D eigenvalue weighted by Crippen LogP contribution is 2.19. The average Bonchev–Trinajstić information content (AvgIpc) is 2.29. The minimum atomic E-state index is -2.59. The number of carbonyl (C=O) groups excluding carboxylic acids is 3. The van der Waals surface area contributed by atoms with Crippen LogP contribution in [-0.4, -0.2) is 54.3 Å². The minimum Gasteiger partial charge on any atom is -0.375 e. The van der Waals surface area contributed by atoms with Gasteiger partial charge in [-0.2, -0.15) is 0 Å². The van der Waals surface area contributed by atoms with Gasteiger partial charge >= 0.3 is 0 Å². The van der Waals surface area contributed by atoms with Gasteiger partial charge < -0.3 is 9.64 Å². The van der Waals surface area contributed by atoms with Crippen LogP contribution in [0.3, 0.4) is 0 Å². The highest BCUT2D eigenvalue weighted by atomic mass is 19.3. The summed E-state index contributed by atoms with van der Waals surface area (Å²) < 4.78 is 28.2. The van der Waals surface area contributed by atoms with E-state index in [0.29, 0.717) is 0 Å². The van der Waals surface area contributed by atoms with Crippen molar-refractivity contribution in [3.8, 4) is 0 Å². The molecule has 0 atom stereocenters. The summed E-state index contributed by atoms with van der Waals surface area (Å²) in [6, 6.07) is 0. The highest BCUT2D eigenvalue weighted by molar-refractivity contribution is 6.06. The summed E-state index contributed by atoms with van der Waals surface area (Å²) in [5.41, 5.74) is -1.15. The fourth-order valence-corrected chi connectivity index (χ4v) is 1.65. The number of nitrogens with one attached hydrogen (secondary N) is 1. The zero-order chi connectivity index (χ0) is 14.6. The molecule has 1 rings (SSSR count). The maximum atomic E-state index is 11.9. The topological polar surface area (TPSA) is 75.7 Å². The Hall–Kier alpha value is -1.57. The molecule has 6 nitrogen and oxygen atoms in total. The van der Waals surface area contributed by atoms with Gasteiger partial charge in [-0.1, -0.05) is 0 Å². The van der Waals surface area contributed by atoms with Crippen LogP contribution < -0.4 is 5.32 Å². The molecular weight excluding hydrogens is 262 g/mol. The van der Waals surface area contributed by atoms with E-state index < -0.39 is 36.3 Å². The van der Waals surface area contributed by atoms with Crippen LogP contribution in [0.5, 0.6) is 0 Å². The Morgan fingerprint density at radius 3 is 2.68 bits per heavy atom.